The second-order valence-electron chi connectivity index (χ2n) is 5.68. The van der Waals surface area contributed by atoms with Crippen LogP contribution in [0.1, 0.15) is 32.1 Å². The summed E-state index contributed by atoms with van der Waals surface area (Å²) in [5.41, 5.74) is 0. The molecule has 0 aliphatic heterocycles. The molecule has 2 fully saturated rings. The molecular formula is C12H22N2O4S. The first-order valence-corrected chi connectivity index (χ1v) is 8.22. The quantitative estimate of drug-likeness (QED) is 0.680. The van der Waals surface area contributed by atoms with Crippen LogP contribution in [0.3, 0.4) is 0 Å². The maximum Gasteiger partial charge on any atom is 0.304 e. The van der Waals surface area contributed by atoms with Gasteiger partial charge in [-0.3, -0.25) is 4.79 Å². The van der Waals surface area contributed by atoms with E-state index in [-0.39, 0.29) is 13.0 Å². The fourth-order valence-corrected chi connectivity index (χ4v) is 3.52. The molecule has 0 unspecified atom stereocenters. The van der Waals surface area contributed by atoms with Crippen LogP contribution < -0.4 is 0 Å². The van der Waals surface area contributed by atoms with Crippen LogP contribution in [0.2, 0.25) is 0 Å². The first-order valence-electron chi connectivity index (χ1n) is 6.83. The largest absolute Gasteiger partial charge is 0.481 e. The van der Waals surface area contributed by atoms with Gasteiger partial charge in [0.15, 0.2) is 0 Å². The Morgan fingerprint density at radius 3 is 2.00 bits per heavy atom. The van der Waals surface area contributed by atoms with Gasteiger partial charge in [0.2, 0.25) is 0 Å². The van der Waals surface area contributed by atoms with E-state index in [1.54, 1.807) is 4.31 Å². The summed E-state index contributed by atoms with van der Waals surface area (Å²) in [6.07, 6.45) is 4.27. The van der Waals surface area contributed by atoms with E-state index in [9.17, 15) is 13.2 Å². The van der Waals surface area contributed by atoms with Crippen LogP contribution in [0.4, 0.5) is 0 Å². The topological polar surface area (TPSA) is 77.9 Å². The molecule has 7 heteroatoms. The lowest BCUT2D eigenvalue weighted by atomic mass is 10.4. The first kappa shape index (κ1) is 14.7. The van der Waals surface area contributed by atoms with E-state index in [0.717, 1.165) is 25.7 Å². The standard InChI is InChI=1S/C12H22N2O4S/c1-13(7-6-12(15)16)19(17,18)14(8-10-2-3-10)9-11-4-5-11/h10-11H,2-9H2,1H3,(H,15,16). The van der Waals surface area contributed by atoms with Gasteiger partial charge in [-0.1, -0.05) is 0 Å². The minimum absolute atomic E-state index is 0.0312. The number of nitrogens with zero attached hydrogens (tertiary/aromatic N) is 2. The van der Waals surface area contributed by atoms with E-state index in [4.69, 9.17) is 5.11 Å². The van der Waals surface area contributed by atoms with Gasteiger partial charge >= 0.3 is 5.97 Å². The zero-order chi connectivity index (χ0) is 14.0. The molecule has 1 N–H and O–H groups in total. The molecule has 0 atom stereocenters. The number of carboxylic acids is 1. The molecule has 2 aliphatic rings. The normalized spacial score (nSPS) is 20.2. The van der Waals surface area contributed by atoms with Gasteiger partial charge in [-0.25, -0.2) is 0 Å². The maximum absolute atomic E-state index is 12.4. The molecule has 2 rings (SSSR count). The number of aliphatic carboxylic acids is 1. The van der Waals surface area contributed by atoms with Gasteiger partial charge in [0.05, 0.1) is 6.42 Å². The van der Waals surface area contributed by atoms with Crippen molar-refractivity contribution < 1.29 is 18.3 Å². The van der Waals surface area contributed by atoms with Crippen molar-refractivity contribution in [2.24, 2.45) is 11.8 Å². The zero-order valence-electron chi connectivity index (χ0n) is 11.3. The van der Waals surface area contributed by atoms with E-state index >= 15 is 0 Å². The fourth-order valence-electron chi connectivity index (χ4n) is 2.01. The molecule has 2 saturated carbocycles. The van der Waals surface area contributed by atoms with Crippen molar-refractivity contribution in [1.29, 1.82) is 0 Å². The zero-order valence-corrected chi connectivity index (χ0v) is 12.1. The number of carbonyl (C=O) groups is 1. The molecule has 0 aromatic rings. The Bertz CT molecular complexity index is 415. The molecule has 0 saturated heterocycles. The summed E-state index contributed by atoms with van der Waals surface area (Å²) in [7, 11) is -2.04. The summed E-state index contributed by atoms with van der Waals surface area (Å²) in [6, 6.07) is 0. The van der Waals surface area contributed by atoms with Crippen LogP contribution >= 0.6 is 0 Å². The highest BCUT2D eigenvalue weighted by Crippen LogP contribution is 2.35. The van der Waals surface area contributed by atoms with Gasteiger partial charge in [-0.2, -0.15) is 17.0 Å². The van der Waals surface area contributed by atoms with E-state index in [0.29, 0.717) is 24.9 Å². The Morgan fingerprint density at radius 1 is 1.16 bits per heavy atom. The second kappa shape index (κ2) is 5.76. The molecule has 0 radical (unpaired) electrons. The molecule has 2 aliphatic carbocycles. The van der Waals surface area contributed by atoms with Crippen molar-refractivity contribution >= 4 is 16.2 Å². The maximum atomic E-state index is 12.4. The SMILES string of the molecule is CN(CCC(=O)O)S(=O)(=O)N(CC1CC1)CC1CC1. The first-order chi connectivity index (χ1) is 8.89. The summed E-state index contributed by atoms with van der Waals surface area (Å²) in [5.74, 6) is 0.0285. The monoisotopic (exact) mass is 290 g/mol. The van der Waals surface area contributed by atoms with Crippen molar-refractivity contribution in [3.8, 4) is 0 Å². The molecule has 0 spiro atoms. The fraction of sp³-hybridized carbons (Fsp3) is 0.917. The number of hydrogen-bond donors (Lipinski definition) is 1. The molecular weight excluding hydrogens is 268 g/mol. The minimum atomic E-state index is -3.50. The van der Waals surface area contributed by atoms with Gasteiger partial charge in [-0.05, 0) is 37.5 Å². The second-order valence-corrected chi connectivity index (χ2v) is 7.71. The smallest absolute Gasteiger partial charge is 0.304 e. The van der Waals surface area contributed by atoms with Crippen LogP contribution in [-0.4, -0.2) is 54.8 Å². The van der Waals surface area contributed by atoms with Gasteiger partial charge in [0.1, 0.15) is 0 Å². The summed E-state index contributed by atoms with van der Waals surface area (Å²) < 4.78 is 27.6. The average Bonchev–Trinajstić information content (AvgIpc) is 3.18. The molecule has 19 heavy (non-hydrogen) atoms. The molecule has 110 valence electrons. The Labute approximate surface area is 114 Å². The van der Waals surface area contributed by atoms with Crippen molar-refractivity contribution in [3.63, 3.8) is 0 Å². The third-order valence-corrected chi connectivity index (χ3v) is 5.60. The van der Waals surface area contributed by atoms with E-state index < -0.39 is 16.2 Å². The molecule has 0 amide bonds. The van der Waals surface area contributed by atoms with Gasteiger partial charge < -0.3 is 5.11 Å². The van der Waals surface area contributed by atoms with Crippen molar-refractivity contribution in [2.75, 3.05) is 26.7 Å². The van der Waals surface area contributed by atoms with Crippen LogP contribution in [0.25, 0.3) is 0 Å². The number of carboxylic acid groups (broad SMARTS) is 1. The molecule has 6 nitrogen and oxygen atoms in total. The van der Waals surface area contributed by atoms with E-state index in [2.05, 4.69) is 0 Å². The van der Waals surface area contributed by atoms with Crippen molar-refractivity contribution in [1.82, 2.24) is 8.61 Å². The summed E-state index contributed by atoms with van der Waals surface area (Å²) in [6.45, 7) is 1.22. The van der Waals surface area contributed by atoms with Gasteiger partial charge in [-0.15, -0.1) is 0 Å². The summed E-state index contributed by atoms with van der Waals surface area (Å²) in [4.78, 5) is 10.5. The van der Waals surface area contributed by atoms with Gasteiger partial charge in [0.25, 0.3) is 10.2 Å². The Kier molecular flexibility index (Phi) is 4.47. The summed E-state index contributed by atoms with van der Waals surface area (Å²) in [5, 5.41) is 8.64. The molecule has 0 heterocycles. The highest BCUT2D eigenvalue weighted by molar-refractivity contribution is 7.86. The molecule has 0 bridgehead atoms. The minimum Gasteiger partial charge on any atom is -0.481 e. The number of rotatable bonds is 9. The Balaban J connectivity index is 1.96. The lowest BCUT2D eigenvalue weighted by Crippen LogP contribution is -2.44. The van der Waals surface area contributed by atoms with E-state index in [1.807, 2.05) is 0 Å². The lowest BCUT2D eigenvalue weighted by Gasteiger charge is -2.27. The third-order valence-electron chi connectivity index (χ3n) is 3.68. The Morgan fingerprint density at radius 2 is 1.63 bits per heavy atom. The summed E-state index contributed by atoms with van der Waals surface area (Å²) >= 11 is 0. The van der Waals surface area contributed by atoms with Crippen LogP contribution in [0.5, 0.6) is 0 Å². The van der Waals surface area contributed by atoms with Crippen LogP contribution in [0.15, 0.2) is 0 Å². The van der Waals surface area contributed by atoms with Gasteiger partial charge in [0, 0.05) is 26.7 Å². The Hall–Kier alpha value is -0.660. The van der Waals surface area contributed by atoms with Crippen molar-refractivity contribution in [3.05, 3.63) is 0 Å². The molecule has 0 aromatic carbocycles. The highest BCUT2D eigenvalue weighted by Gasteiger charge is 2.36. The predicted octanol–water partition coefficient (Wildman–Crippen LogP) is 0.760. The van der Waals surface area contributed by atoms with E-state index in [1.165, 1.54) is 11.4 Å². The van der Waals surface area contributed by atoms with Crippen LogP contribution in [0, 0.1) is 11.8 Å². The number of hydrogen-bond acceptors (Lipinski definition) is 3. The van der Waals surface area contributed by atoms with Crippen molar-refractivity contribution in [2.45, 2.75) is 32.1 Å². The molecule has 0 aromatic heterocycles. The average molecular weight is 290 g/mol. The third kappa shape index (κ3) is 4.43. The van der Waals surface area contributed by atoms with Crippen LogP contribution in [-0.2, 0) is 15.0 Å². The lowest BCUT2D eigenvalue weighted by molar-refractivity contribution is -0.137. The predicted molar refractivity (Wildman–Crippen MR) is 70.8 cm³/mol. The highest BCUT2D eigenvalue weighted by atomic mass is 32.2.